The Morgan fingerprint density at radius 2 is 1.78 bits per heavy atom. The standard InChI is InChI=1S/C18H18N4O/c1-13-8-10-15(11-9-13)14(2)20-18(23)17-12-19-22(21-17)16-6-4-3-5-7-16/h3-12,14H,1-2H3,(H,20,23). The molecule has 0 radical (unpaired) electrons. The van der Waals surface area contributed by atoms with Crippen LogP contribution >= 0.6 is 0 Å². The van der Waals surface area contributed by atoms with Gasteiger partial charge in [0.15, 0.2) is 5.69 Å². The van der Waals surface area contributed by atoms with Gasteiger partial charge in [-0.15, -0.1) is 5.10 Å². The third-order valence-corrected chi connectivity index (χ3v) is 3.64. The molecule has 0 saturated heterocycles. The van der Waals surface area contributed by atoms with Crippen LogP contribution in [-0.2, 0) is 0 Å². The van der Waals surface area contributed by atoms with Gasteiger partial charge in [-0.3, -0.25) is 4.79 Å². The molecule has 5 nitrogen and oxygen atoms in total. The quantitative estimate of drug-likeness (QED) is 0.806. The van der Waals surface area contributed by atoms with Crippen molar-refractivity contribution in [1.82, 2.24) is 20.3 Å². The molecule has 116 valence electrons. The normalized spacial score (nSPS) is 11.9. The minimum atomic E-state index is -0.236. The molecule has 0 bridgehead atoms. The van der Waals surface area contributed by atoms with Crippen molar-refractivity contribution in [2.45, 2.75) is 19.9 Å². The Morgan fingerprint density at radius 1 is 1.09 bits per heavy atom. The topological polar surface area (TPSA) is 59.8 Å². The highest BCUT2D eigenvalue weighted by Crippen LogP contribution is 2.13. The Labute approximate surface area is 135 Å². The summed E-state index contributed by atoms with van der Waals surface area (Å²) in [5, 5.41) is 11.3. The number of hydrogen-bond acceptors (Lipinski definition) is 3. The summed E-state index contributed by atoms with van der Waals surface area (Å²) in [7, 11) is 0. The lowest BCUT2D eigenvalue weighted by Crippen LogP contribution is -2.27. The van der Waals surface area contributed by atoms with Gasteiger partial charge in [0.1, 0.15) is 0 Å². The zero-order valence-corrected chi connectivity index (χ0v) is 13.1. The van der Waals surface area contributed by atoms with Crippen LogP contribution in [0.1, 0.15) is 34.6 Å². The number of carbonyl (C=O) groups is 1. The monoisotopic (exact) mass is 306 g/mol. The second-order valence-electron chi connectivity index (χ2n) is 5.46. The number of para-hydroxylation sites is 1. The summed E-state index contributed by atoms with van der Waals surface area (Å²) in [4.78, 5) is 13.8. The molecule has 0 fully saturated rings. The predicted octanol–water partition coefficient (Wildman–Crippen LogP) is 3.07. The highest BCUT2D eigenvalue weighted by Gasteiger charge is 2.15. The van der Waals surface area contributed by atoms with Crippen molar-refractivity contribution in [2.24, 2.45) is 0 Å². The summed E-state index contributed by atoms with van der Waals surface area (Å²) in [5.41, 5.74) is 3.36. The number of benzene rings is 2. The molecule has 0 aliphatic rings. The Bertz CT molecular complexity index is 793. The zero-order chi connectivity index (χ0) is 16.2. The predicted molar refractivity (Wildman–Crippen MR) is 88.4 cm³/mol. The maximum absolute atomic E-state index is 12.3. The minimum absolute atomic E-state index is 0.0926. The lowest BCUT2D eigenvalue weighted by molar-refractivity contribution is 0.0934. The van der Waals surface area contributed by atoms with E-state index in [0.29, 0.717) is 5.69 Å². The first kappa shape index (κ1) is 15.0. The maximum atomic E-state index is 12.3. The van der Waals surface area contributed by atoms with Gasteiger partial charge in [-0.1, -0.05) is 48.0 Å². The molecule has 1 atom stereocenters. The highest BCUT2D eigenvalue weighted by molar-refractivity contribution is 5.92. The van der Waals surface area contributed by atoms with Gasteiger partial charge in [0, 0.05) is 0 Å². The van der Waals surface area contributed by atoms with E-state index < -0.39 is 0 Å². The summed E-state index contributed by atoms with van der Waals surface area (Å²) in [6, 6.07) is 17.5. The van der Waals surface area contributed by atoms with Gasteiger partial charge in [0.05, 0.1) is 17.9 Å². The molecule has 1 heterocycles. The van der Waals surface area contributed by atoms with Crippen LogP contribution in [0.4, 0.5) is 0 Å². The molecular weight excluding hydrogens is 288 g/mol. The van der Waals surface area contributed by atoms with Crippen molar-refractivity contribution in [1.29, 1.82) is 0 Å². The molecule has 3 rings (SSSR count). The largest absolute Gasteiger partial charge is 0.344 e. The van der Waals surface area contributed by atoms with E-state index in [4.69, 9.17) is 0 Å². The smallest absolute Gasteiger partial charge is 0.273 e. The van der Waals surface area contributed by atoms with E-state index in [2.05, 4.69) is 15.5 Å². The van der Waals surface area contributed by atoms with Crippen LogP contribution in [0.25, 0.3) is 5.69 Å². The lowest BCUT2D eigenvalue weighted by Gasteiger charge is -2.13. The molecule has 5 heteroatoms. The summed E-state index contributed by atoms with van der Waals surface area (Å²) in [5.74, 6) is -0.236. The number of carbonyl (C=O) groups excluding carboxylic acids is 1. The molecule has 1 aromatic heterocycles. The molecule has 1 amide bonds. The lowest BCUT2D eigenvalue weighted by atomic mass is 10.1. The first-order chi connectivity index (χ1) is 11.1. The minimum Gasteiger partial charge on any atom is -0.344 e. The number of amides is 1. The summed E-state index contributed by atoms with van der Waals surface area (Å²) in [6.07, 6.45) is 1.48. The third-order valence-electron chi connectivity index (χ3n) is 3.64. The molecule has 1 unspecified atom stereocenters. The van der Waals surface area contributed by atoms with Crippen LogP contribution in [0.2, 0.25) is 0 Å². The fourth-order valence-corrected chi connectivity index (χ4v) is 2.26. The van der Waals surface area contributed by atoms with E-state index in [1.165, 1.54) is 16.6 Å². The van der Waals surface area contributed by atoms with E-state index >= 15 is 0 Å². The van der Waals surface area contributed by atoms with Gasteiger partial charge in [-0.2, -0.15) is 9.90 Å². The van der Waals surface area contributed by atoms with Crippen LogP contribution in [0, 0.1) is 6.92 Å². The van der Waals surface area contributed by atoms with Crippen LogP contribution in [-0.4, -0.2) is 20.9 Å². The highest BCUT2D eigenvalue weighted by atomic mass is 16.2. The van der Waals surface area contributed by atoms with Gasteiger partial charge < -0.3 is 5.32 Å². The van der Waals surface area contributed by atoms with Gasteiger partial charge in [-0.05, 0) is 31.5 Å². The van der Waals surface area contributed by atoms with Crippen molar-refractivity contribution in [2.75, 3.05) is 0 Å². The Hall–Kier alpha value is -2.95. The Balaban J connectivity index is 1.71. The van der Waals surface area contributed by atoms with Gasteiger partial charge in [0.25, 0.3) is 5.91 Å². The van der Waals surface area contributed by atoms with Crippen LogP contribution in [0.15, 0.2) is 60.8 Å². The molecule has 0 spiro atoms. The van der Waals surface area contributed by atoms with Crippen molar-refractivity contribution in [3.8, 4) is 5.69 Å². The average Bonchev–Trinajstić information content (AvgIpc) is 3.06. The van der Waals surface area contributed by atoms with Crippen LogP contribution < -0.4 is 5.32 Å². The van der Waals surface area contributed by atoms with Crippen LogP contribution in [0.5, 0.6) is 0 Å². The third kappa shape index (κ3) is 3.45. The number of aromatic nitrogens is 3. The zero-order valence-electron chi connectivity index (χ0n) is 13.1. The SMILES string of the molecule is Cc1ccc(C(C)NC(=O)c2cnn(-c3ccccc3)n2)cc1. The van der Waals surface area contributed by atoms with Crippen molar-refractivity contribution in [3.63, 3.8) is 0 Å². The molecule has 0 saturated carbocycles. The fraction of sp³-hybridized carbons (Fsp3) is 0.167. The molecule has 23 heavy (non-hydrogen) atoms. The van der Waals surface area contributed by atoms with E-state index in [-0.39, 0.29) is 11.9 Å². The van der Waals surface area contributed by atoms with Crippen LogP contribution in [0.3, 0.4) is 0 Å². The number of aryl methyl sites for hydroxylation is 1. The second-order valence-corrected chi connectivity index (χ2v) is 5.46. The Morgan fingerprint density at radius 3 is 2.48 bits per heavy atom. The van der Waals surface area contributed by atoms with Crippen molar-refractivity contribution < 1.29 is 4.79 Å². The van der Waals surface area contributed by atoms with E-state index in [9.17, 15) is 4.79 Å². The molecule has 0 aliphatic heterocycles. The average molecular weight is 306 g/mol. The molecule has 2 aromatic carbocycles. The fourth-order valence-electron chi connectivity index (χ4n) is 2.26. The first-order valence-electron chi connectivity index (χ1n) is 7.48. The molecule has 3 aromatic rings. The number of rotatable bonds is 4. The summed E-state index contributed by atoms with van der Waals surface area (Å²) < 4.78 is 0. The van der Waals surface area contributed by atoms with Crippen molar-refractivity contribution >= 4 is 5.91 Å². The van der Waals surface area contributed by atoms with E-state index in [1.807, 2.05) is 68.4 Å². The second kappa shape index (κ2) is 6.44. The molecule has 0 aliphatic carbocycles. The Kier molecular flexibility index (Phi) is 4.19. The van der Waals surface area contributed by atoms with Crippen molar-refractivity contribution in [3.05, 3.63) is 77.6 Å². The number of nitrogens with one attached hydrogen (secondary N) is 1. The number of nitrogens with zero attached hydrogens (tertiary/aromatic N) is 3. The van der Waals surface area contributed by atoms with Gasteiger partial charge >= 0.3 is 0 Å². The summed E-state index contributed by atoms with van der Waals surface area (Å²) >= 11 is 0. The van der Waals surface area contributed by atoms with Gasteiger partial charge in [-0.25, -0.2) is 0 Å². The van der Waals surface area contributed by atoms with E-state index in [1.54, 1.807) is 0 Å². The van der Waals surface area contributed by atoms with E-state index in [0.717, 1.165) is 11.3 Å². The maximum Gasteiger partial charge on any atom is 0.273 e. The molecule has 1 N–H and O–H groups in total. The summed E-state index contributed by atoms with van der Waals surface area (Å²) in [6.45, 7) is 3.99. The van der Waals surface area contributed by atoms with Gasteiger partial charge in [0.2, 0.25) is 0 Å². The number of hydrogen-bond donors (Lipinski definition) is 1. The first-order valence-corrected chi connectivity index (χ1v) is 7.48. The molecular formula is C18H18N4O.